The number of carbonyl (C=O) groups excluding carboxylic acids is 1. The number of carbonyl (C=O) groups is 1. The third-order valence-electron chi connectivity index (χ3n) is 8.77. The minimum atomic E-state index is -1.51. The van der Waals surface area contributed by atoms with Crippen LogP contribution in [0, 0.1) is 34.5 Å². The molecule has 0 saturated heterocycles. The van der Waals surface area contributed by atoms with E-state index in [1.54, 1.807) is 7.11 Å². The van der Waals surface area contributed by atoms with Crippen molar-refractivity contribution in [3.8, 4) is 0 Å². The number of ketones is 1. The van der Waals surface area contributed by atoms with E-state index in [2.05, 4.69) is 38.6 Å². The van der Waals surface area contributed by atoms with Gasteiger partial charge in [-0.05, 0) is 87.8 Å². The highest BCUT2D eigenvalue weighted by molar-refractivity contribution is 6.69. The molecular formula is C23H39NO3Si. The molecule has 4 aliphatic carbocycles. The van der Waals surface area contributed by atoms with Gasteiger partial charge in [-0.3, -0.25) is 4.79 Å². The van der Waals surface area contributed by atoms with Gasteiger partial charge in [-0.1, -0.05) is 19.0 Å². The first-order valence-corrected chi connectivity index (χ1v) is 14.8. The van der Waals surface area contributed by atoms with Crippen LogP contribution in [0.5, 0.6) is 0 Å². The smallest absolute Gasteiger partial charge is 0.184 e. The van der Waals surface area contributed by atoms with Crippen LogP contribution in [0.4, 0.5) is 0 Å². The van der Waals surface area contributed by atoms with Gasteiger partial charge in [0.2, 0.25) is 0 Å². The second-order valence-corrected chi connectivity index (χ2v) is 15.9. The Morgan fingerprint density at radius 3 is 2.54 bits per heavy atom. The van der Waals surface area contributed by atoms with Crippen molar-refractivity contribution in [3.05, 3.63) is 0 Å². The zero-order valence-corrected chi connectivity index (χ0v) is 19.7. The monoisotopic (exact) mass is 405 g/mol. The van der Waals surface area contributed by atoms with Gasteiger partial charge in [-0.2, -0.15) is 0 Å². The standard InChI is InChI=1S/C23H39NO3Si/c1-22-12-11-16(27-28(4,5)6)13-15(22)7-8-17-18-9-10-20(24-26-3)23(18,2)14-19(25)21(17)22/h15-18,21H,7-14H2,1-6H3/b24-20-/t15-,16-,17+,18+,21-,22+,23+/m1/s1. The van der Waals surface area contributed by atoms with Crippen molar-refractivity contribution in [2.45, 2.75) is 91.0 Å². The molecule has 0 aromatic carbocycles. The van der Waals surface area contributed by atoms with E-state index in [9.17, 15) is 4.79 Å². The molecular weight excluding hydrogens is 366 g/mol. The van der Waals surface area contributed by atoms with Gasteiger partial charge >= 0.3 is 0 Å². The molecule has 0 aliphatic heterocycles. The molecule has 7 atom stereocenters. The Hall–Kier alpha value is -0.683. The summed E-state index contributed by atoms with van der Waals surface area (Å²) in [5.41, 5.74) is 1.23. The topological polar surface area (TPSA) is 47.9 Å². The summed E-state index contributed by atoms with van der Waals surface area (Å²) in [7, 11) is 0.121. The number of oxime groups is 1. The minimum absolute atomic E-state index is 0.0738. The summed E-state index contributed by atoms with van der Waals surface area (Å²) >= 11 is 0. The normalized spacial score (nSPS) is 47.4. The summed E-state index contributed by atoms with van der Waals surface area (Å²) in [4.78, 5) is 18.7. The average molecular weight is 406 g/mol. The summed E-state index contributed by atoms with van der Waals surface area (Å²) in [5, 5.41) is 4.35. The lowest BCUT2D eigenvalue weighted by molar-refractivity contribution is -0.155. The Balaban J connectivity index is 1.58. The molecule has 4 rings (SSSR count). The molecule has 0 N–H and O–H groups in total. The number of nitrogens with zero attached hydrogens (tertiary/aromatic N) is 1. The third kappa shape index (κ3) is 3.21. The second-order valence-electron chi connectivity index (χ2n) is 11.5. The minimum Gasteiger partial charge on any atom is -0.415 e. The summed E-state index contributed by atoms with van der Waals surface area (Å²) in [5.74, 6) is 2.53. The van der Waals surface area contributed by atoms with E-state index >= 15 is 0 Å². The second kappa shape index (κ2) is 6.94. The Bertz CT molecular complexity index is 671. The Kier molecular flexibility index (Phi) is 5.10. The van der Waals surface area contributed by atoms with Gasteiger partial charge in [0.05, 0.1) is 5.71 Å². The van der Waals surface area contributed by atoms with E-state index in [1.165, 1.54) is 19.3 Å². The van der Waals surface area contributed by atoms with E-state index in [1.807, 2.05) is 0 Å². The lowest BCUT2D eigenvalue weighted by Gasteiger charge is -2.59. The molecule has 28 heavy (non-hydrogen) atoms. The summed E-state index contributed by atoms with van der Waals surface area (Å²) < 4.78 is 6.49. The molecule has 4 saturated carbocycles. The summed E-state index contributed by atoms with van der Waals surface area (Å²) in [6.07, 6.45) is 9.17. The lowest BCUT2D eigenvalue weighted by atomic mass is 9.45. The number of Topliss-reactive ketones (excluding diaryl/α,β-unsaturated/α-hetero) is 1. The van der Waals surface area contributed by atoms with Crippen molar-refractivity contribution >= 4 is 19.8 Å². The van der Waals surface area contributed by atoms with Gasteiger partial charge in [0.1, 0.15) is 12.9 Å². The average Bonchev–Trinajstić information content (AvgIpc) is 2.90. The highest BCUT2D eigenvalue weighted by Gasteiger charge is 2.63. The molecule has 4 fully saturated rings. The molecule has 0 bridgehead atoms. The van der Waals surface area contributed by atoms with Gasteiger partial charge in [-0.25, -0.2) is 0 Å². The number of rotatable bonds is 3. The van der Waals surface area contributed by atoms with Crippen molar-refractivity contribution in [1.82, 2.24) is 0 Å². The molecule has 0 spiro atoms. The van der Waals surface area contributed by atoms with Gasteiger partial charge < -0.3 is 9.26 Å². The first kappa shape index (κ1) is 20.6. The largest absolute Gasteiger partial charge is 0.415 e. The van der Waals surface area contributed by atoms with Crippen LogP contribution in [-0.4, -0.2) is 33.0 Å². The fourth-order valence-corrected chi connectivity index (χ4v) is 8.91. The molecule has 0 radical (unpaired) electrons. The Morgan fingerprint density at radius 1 is 1.11 bits per heavy atom. The van der Waals surface area contributed by atoms with Gasteiger partial charge in [0.15, 0.2) is 8.32 Å². The van der Waals surface area contributed by atoms with E-state index in [0.29, 0.717) is 36.1 Å². The molecule has 4 aliphatic rings. The van der Waals surface area contributed by atoms with E-state index in [-0.39, 0.29) is 16.7 Å². The van der Waals surface area contributed by atoms with Crippen LogP contribution in [0.2, 0.25) is 19.6 Å². The molecule has 158 valence electrons. The first-order chi connectivity index (χ1) is 13.1. The first-order valence-electron chi connectivity index (χ1n) is 11.4. The summed E-state index contributed by atoms with van der Waals surface area (Å²) in [6.45, 7) is 11.6. The van der Waals surface area contributed by atoms with Gasteiger partial charge in [0, 0.05) is 23.9 Å². The molecule has 0 heterocycles. The van der Waals surface area contributed by atoms with Crippen molar-refractivity contribution in [2.24, 2.45) is 39.7 Å². The number of hydrogen-bond donors (Lipinski definition) is 0. The molecule has 0 unspecified atom stereocenters. The van der Waals surface area contributed by atoms with Crippen LogP contribution in [-0.2, 0) is 14.1 Å². The van der Waals surface area contributed by atoms with Crippen molar-refractivity contribution in [3.63, 3.8) is 0 Å². The van der Waals surface area contributed by atoms with Crippen LogP contribution >= 0.6 is 0 Å². The van der Waals surface area contributed by atoms with Crippen LogP contribution < -0.4 is 0 Å². The third-order valence-corrected chi connectivity index (χ3v) is 9.81. The SMILES string of the molecule is CO/N=C1/CC[C@H]2[C@@H]3CC[C@@H]4C[C@H](O[Si](C)(C)C)CC[C@]4(C)[C@H]3C(=O)C[C@]12C. The maximum absolute atomic E-state index is 13.6. The van der Waals surface area contributed by atoms with E-state index in [4.69, 9.17) is 9.26 Å². The highest BCUT2D eigenvalue weighted by atomic mass is 28.4. The van der Waals surface area contributed by atoms with Gasteiger partial charge in [-0.15, -0.1) is 0 Å². The predicted molar refractivity (Wildman–Crippen MR) is 115 cm³/mol. The van der Waals surface area contributed by atoms with Crippen LogP contribution in [0.1, 0.15) is 65.2 Å². The zero-order valence-electron chi connectivity index (χ0n) is 18.7. The lowest BCUT2D eigenvalue weighted by Crippen LogP contribution is -2.58. The van der Waals surface area contributed by atoms with Crippen molar-refractivity contribution in [2.75, 3.05) is 7.11 Å². The van der Waals surface area contributed by atoms with Crippen LogP contribution in [0.15, 0.2) is 5.16 Å². The van der Waals surface area contributed by atoms with Crippen LogP contribution in [0.25, 0.3) is 0 Å². The maximum atomic E-state index is 13.6. The predicted octanol–water partition coefficient (Wildman–Crippen LogP) is 5.43. The molecule has 5 heteroatoms. The molecule has 0 amide bonds. The number of hydrogen-bond acceptors (Lipinski definition) is 4. The zero-order chi connectivity index (χ0) is 20.3. The Morgan fingerprint density at radius 2 is 1.86 bits per heavy atom. The summed E-state index contributed by atoms with van der Waals surface area (Å²) in [6, 6.07) is 0. The molecule has 0 aromatic heterocycles. The fourth-order valence-electron chi connectivity index (χ4n) is 7.70. The van der Waals surface area contributed by atoms with Crippen molar-refractivity contribution in [1.29, 1.82) is 0 Å². The quantitative estimate of drug-likeness (QED) is 0.464. The number of fused-ring (bicyclic) bond motifs is 5. The van der Waals surface area contributed by atoms with Crippen molar-refractivity contribution < 1.29 is 14.1 Å². The molecule has 0 aromatic rings. The van der Waals surface area contributed by atoms with Crippen LogP contribution in [0.3, 0.4) is 0 Å². The highest BCUT2D eigenvalue weighted by Crippen LogP contribution is 2.64. The maximum Gasteiger partial charge on any atom is 0.184 e. The van der Waals surface area contributed by atoms with E-state index < -0.39 is 8.32 Å². The fraction of sp³-hybridized carbons (Fsp3) is 0.913. The van der Waals surface area contributed by atoms with Gasteiger partial charge in [0.25, 0.3) is 0 Å². The van der Waals surface area contributed by atoms with E-state index in [0.717, 1.165) is 31.4 Å². The molecule has 4 nitrogen and oxygen atoms in total. The Labute approximate surface area is 171 Å².